The standard InChI is InChI=1S/C33H35Cl2NOS/c1-32(2,3)25-16-21(17-26(30(25)37)33(4,5)6)29(31-23-11-8-7-10-20(23)19-38-31)36-18-22(36)14-15-24-27(34)12-9-13-28(24)35/h7-13,16-17,19,22H,14-15,18H2,1-6H3. The lowest BCUT2D eigenvalue weighted by atomic mass is 9.71. The van der Waals surface area contributed by atoms with E-state index in [1.54, 1.807) is 11.3 Å². The van der Waals surface area contributed by atoms with Crippen LogP contribution in [-0.4, -0.2) is 23.3 Å². The van der Waals surface area contributed by atoms with Crippen molar-refractivity contribution >= 4 is 56.8 Å². The normalized spacial score (nSPS) is 18.1. The van der Waals surface area contributed by atoms with Gasteiger partial charge in [0, 0.05) is 44.7 Å². The van der Waals surface area contributed by atoms with Crippen LogP contribution in [0, 0.1) is 10.8 Å². The zero-order valence-electron chi connectivity index (χ0n) is 23.0. The average molecular weight is 565 g/mol. The van der Waals surface area contributed by atoms with Gasteiger partial charge in [-0.15, -0.1) is 11.3 Å². The number of carbonyl (C=O) groups is 1. The van der Waals surface area contributed by atoms with Crippen LogP contribution in [0.5, 0.6) is 0 Å². The number of allylic oxidation sites excluding steroid dienone is 5. The summed E-state index contributed by atoms with van der Waals surface area (Å²) in [6.07, 6.45) is 6.11. The van der Waals surface area contributed by atoms with E-state index in [1.165, 1.54) is 21.3 Å². The smallest absolute Gasteiger partial charge is 0.186 e. The van der Waals surface area contributed by atoms with Gasteiger partial charge in [-0.1, -0.05) is 95.1 Å². The zero-order chi connectivity index (χ0) is 27.4. The van der Waals surface area contributed by atoms with Gasteiger partial charge in [-0.25, -0.2) is 0 Å². The fraction of sp³-hybridized carbons (Fsp3) is 0.364. The first-order chi connectivity index (χ1) is 17.9. The topological polar surface area (TPSA) is 20.1 Å². The van der Waals surface area contributed by atoms with E-state index in [4.69, 9.17) is 23.2 Å². The lowest BCUT2D eigenvalue weighted by Crippen LogP contribution is -2.28. The maximum atomic E-state index is 13.7. The highest BCUT2D eigenvalue weighted by Crippen LogP contribution is 2.46. The Kier molecular flexibility index (Phi) is 7.18. The number of benzene rings is 2. The summed E-state index contributed by atoms with van der Waals surface area (Å²) < 4.78 is 0. The lowest BCUT2D eigenvalue weighted by Gasteiger charge is -2.32. The van der Waals surface area contributed by atoms with Crippen LogP contribution in [0.1, 0.15) is 58.4 Å². The SMILES string of the molecule is CC(C)(C)C1=CC(=C(c2scc3ccccc23)N2CC2CCc2c(Cl)cccc2Cl)C=C(C(C)(C)C)C1=O. The van der Waals surface area contributed by atoms with Gasteiger partial charge >= 0.3 is 0 Å². The molecule has 5 rings (SSSR count). The van der Waals surface area contributed by atoms with E-state index in [1.807, 2.05) is 18.2 Å². The number of hydrogen-bond donors (Lipinski definition) is 0. The minimum absolute atomic E-state index is 0.167. The molecule has 0 saturated carbocycles. The average Bonchev–Trinajstić information content (AvgIpc) is 3.46. The number of carbonyl (C=O) groups excluding carboxylic acids is 1. The minimum Gasteiger partial charge on any atom is -0.363 e. The summed E-state index contributed by atoms with van der Waals surface area (Å²) in [7, 11) is 0. The van der Waals surface area contributed by atoms with Crippen molar-refractivity contribution in [1.29, 1.82) is 0 Å². The highest BCUT2D eigenvalue weighted by Gasteiger charge is 2.40. The first-order valence-electron chi connectivity index (χ1n) is 13.3. The van der Waals surface area contributed by atoms with Crippen LogP contribution < -0.4 is 0 Å². The molecule has 3 aromatic rings. The third-order valence-corrected chi connectivity index (χ3v) is 9.22. The van der Waals surface area contributed by atoms with Crippen LogP contribution in [0.2, 0.25) is 10.0 Å². The number of rotatable bonds is 5. The molecule has 1 aliphatic carbocycles. The van der Waals surface area contributed by atoms with Gasteiger partial charge in [-0.3, -0.25) is 4.79 Å². The fourth-order valence-electron chi connectivity index (χ4n) is 5.27. The van der Waals surface area contributed by atoms with Gasteiger partial charge in [0.05, 0.1) is 10.6 Å². The molecular formula is C33H35Cl2NOS. The molecule has 1 unspecified atom stereocenters. The fourth-order valence-corrected chi connectivity index (χ4v) is 6.96. The Morgan fingerprint density at radius 3 is 2.13 bits per heavy atom. The van der Waals surface area contributed by atoms with Crippen molar-refractivity contribution in [3.05, 3.63) is 97.2 Å². The predicted molar refractivity (Wildman–Crippen MR) is 164 cm³/mol. The first kappa shape index (κ1) is 27.2. The Labute approximate surface area is 240 Å². The molecule has 0 N–H and O–H groups in total. The number of fused-ring (bicyclic) bond motifs is 1. The minimum atomic E-state index is -0.255. The molecule has 198 valence electrons. The van der Waals surface area contributed by atoms with Crippen molar-refractivity contribution in [1.82, 2.24) is 4.90 Å². The molecule has 2 heterocycles. The molecule has 1 saturated heterocycles. The van der Waals surface area contributed by atoms with E-state index in [-0.39, 0.29) is 16.6 Å². The van der Waals surface area contributed by atoms with E-state index < -0.39 is 0 Å². The summed E-state index contributed by atoms with van der Waals surface area (Å²) in [6, 6.07) is 14.7. The molecule has 1 aliphatic heterocycles. The maximum absolute atomic E-state index is 13.7. The van der Waals surface area contributed by atoms with E-state index in [9.17, 15) is 4.79 Å². The van der Waals surface area contributed by atoms with Gasteiger partial charge in [0.2, 0.25) is 0 Å². The summed E-state index contributed by atoms with van der Waals surface area (Å²) in [5, 5.41) is 6.21. The number of nitrogens with zero attached hydrogens (tertiary/aromatic N) is 1. The molecule has 2 aliphatic rings. The summed E-state index contributed by atoms with van der Waals surface area (Å²) in [6.45, 7) is 13.8. The second-order valence-corrected chi connectivity index (χ2v) is 14.1. The van der Waals surface area contributed by atoms with E-state index in [2.05, 4.69) is 88.2 Å². The highest BCUT2D eigenvalue weighted by atomic mass is 35.5. The van der Waals surface area contributed by atoms with Crippen molar-refractivity contribution in [3.8, 4) is 0 Å². The molecule has 0 amide bonds. The van der Waals surface area contributed by atoms with Gasteiger partial charge < -0.3 is 4.90 Å². The van der Waals surface area contributed by atoms with E-state index in [0.717, 1.165) is 51.7 Å². The molecule has 1 fully saturated rings. The van der Waals surface area contributed by atoms with Crippen molar-refractivity contribution in [2.24, 2.45) is 10.8 Å². The number of thiophene rings is 1. The predicted octanol–water partition coefficient (Wildman–Crippen LogP) is 9.76. The van der Waals surface area contributed by atoms with Gasteiger partial charge in [-0.2, -0.15) is 0 Å². The molecular weight excluding hydrogens is 529 g/mol. The van der Waals surface area contributed by atoms with Gasteiger partial charge in [-0.05, 0) is 64.3 Å². The monoisotopic (exact) mass is 563 g/mol. The molecule has 0 radical (unpaired) electrons. The Morgan fingerprint density at radius 2 is 1.53 bits per heavy atom. The number of hydrogen-bond acceptors (Lipinski definition) is 3. The largest absolute Gasteiger partial charge is 0.363 e. The summed E-state index contributed by atoms with van der Waals surface area (Å²) in [4.78, 5) is 17.4. The van der Waals surface area contributed by atoms with Crippen molar-refractivity contribution in [2.45, 2.75) is 60.4 Å². The lowest BCUT2D eigenvalue weighted by molar-refractivity contribution is -0.114. The molecule has 38 heavy (non-hydrogen) atoms. The summed E-state index contributed by atoms with van der Waals surface area (Å²) >= 11 is 14.7. The molecule has 2 aromatic carbocycles. The molecule has 0 spiro atoms. The van der Waals surface area contributed by atoms with Gasteiger partial charge in [0.25, 0.3) is 0 Å². The zero-order valence-corrected chi connectivity index (χ0v) is 25.3. The first-order valence-corrected chi connectivity index (χ1v) is 14.9. The van der Waals surface area contributed by atoms with Crippen LogP contribution in [-0.2, 0) is 11.2 Å². The maximum Gasteiger partial charge on any atom is 0.186 e. The quantitative estimate of drug-likeness (QED) is 0.288. The van der Waals surface area contributed by atoms with Crippen molar-refractivity contribution in [2.75, 3.05) is 6.54 Å². The second-order valence-electron chi connectivity index (χ2n) is 12.4. The number of halogens is 2. The highest BCUT2D eigenvalue weighted by molar-refractivity contribution is 7.12. The second kappa shape index (κ2) is 10.0. The van der Waals surface area contributed by atoms with Crippen LogP contribution >= 0.6 is 34.5 Å². The third kappa shape index (κ3) is 5.26. The van der Waals surface area contributed by atoms with Gasteiger partial charge in [0.15, 0.2) is 5.78 Å². The van der Waals surface area contributed by atoms with E-state index >= 15 is 0 Å². The van der Waals surface area contributed by atoms with Crippen molar-refractivity contribution < 1.29 is 4.79 Å². The van der Waals surface area contributed by atoms with Crippen molar-refractivity contribution in [3.63, 3.8) is 0 Å². The summed E-state index contributed by atoms with van der Waals surface area (Å²) in [5.74, 6) is 0.167. The van der Waals surface area contributed by atoms with Crippen LogP contribution in [0.3, 0.4) is 0 Å². The van der Waals surface area contributed by atoms with Crippen LogP contribution in [0.15, 0.2) is 76.7 Å². The Morgan fingerprint density at radius 1 is 0.921 bits per heavy atom. The van der Waals surface area contributed by atoms with Crippen LogP contribution in [0.25, 0.3) is 16.5 Å². The Balaban J connectivity index is 1.62. The van der Waals surface area contributed by atoms with Gasteiger partial charge in [0.1, 0.15) is 0 Å². The Hall–Kier alpha value is -2.33. The summed E-state index contributed by atoms with van der Waals surface area (Å²) in [5.41, 5.74) is 4.61. The molecule has 1 aromatic heterocycles. The number of Topliss-reactive ketones (excluding diaryl/α,β-unsaturated/α-hetero) is 1. The third-order valence-electron chi connectivity index (χ3n) is 7.49. The molecule has 0 bridgehead atoms. The molecule has 1 atom stereocenters. The molecule has 5 heteroatoms. The van der Waals surface area contributed by atoms with Crippen LogP contribution in [0.4, 0.5) is 0 Å². The van der Waals surface area contributed by atoms with E-state index in [0.29, 0.717) is 6.04 Å². The number of ketones is 1. The Bertz CT molecular complexity index is 1450. The molecule has 2 nitrogen and oxygen atoms in total.